The van der Waals surface area contributed by atoms with Crippen molar-refractivity contribution in [3.8, 4) is 5.75 Å². The van der Waals surface area contributed by atoms with E-state index in [0.717, 1.165) is 10.9 Å². The SMILES string of the molecule is CSCC[C@H](NC(=O)[C@H](Cc1c[nH]c2ccccc12)NC(=O)CNC(=O)[C@H](CCSC)NC(=O)[C@@H](N)Cc1ccc(OS(=O)(=O)O)cc1)C(=O)N[C@@H](CC(N)=O)C(=O)O. The highest BCUT2D eigenvalue weighted by Gasteiger charge is 2.31. The van der Waals surface area contributed by atoms with Gasteiger partial charge in [-0.15, -0.1) is 0 Å². The molecule has 0 saturated carbocycles. The van der Waals surface area contributed by atoms with Gasteiger partial charge < -0.3 is 52.3 Å². The molecule has 12 N–H and O–H groups in total. The molecule has 0 radical (unpaired) electrons. The molecule has 0 unspecified atom stereocenters. The van der Waals surface area contributed by atoms with Crippen molar-refractivity contribution in [3.63, 3.8) is 0 Å². The van der Waals surface area contributed by atoms with E-state index in [4.69, 9.17) is 16.0 Å². The van der Waals surface area contributed by atoms with Gasteiger partial charge in [0, 0.05) is 23.5 Å². The van der Waals surface area contributed by atoms with Gasteiger partial charge >= 0.3 is 16.4 Å². The van der Waals surface area contributed by atoms with Crippen molar-refractivity contribution in [1.29, 1.82) is 0 Å². The van der Waals surface area contributed by atoms with Crippen molar-refractivity contribution in [2.45, 2.75) is 62.3 Å². The third-order valence-corrected chi connectivity index (χ3v) is 10.3. The summed E-state index contributed by atoms with van der Waals surface area (Å²) in [7, 11) is -4.73. The molecule has 1 heterocycles. The molecule has 1 aromatic heterocycles. The molecule has 0 saturated heterocycles. The third-order valence-electron chi connectivity index (χ3n) is 8.60. The zero-order valence-electron chi connectivity index (χ0n) is 32.1. The number of hydrogen-bond acceptors (Lipinski definition) is 13. The lowest BCUT2D eigenvalue weighted by Gasteiger charge is -2.24. The second-order valence-electron chi connectivity index (χ2n) is 13.1. The molecule has 2 aromatic carbocycles. The summed E-state index contributed by atoms with van der Waals surface area (Å²) in [6, 6.07) is 6.17. The van der Waals surface area contributed by atoms with Crippen LogP contribution in [0.1, 0.15) is 30.4 Å². The molecule has 6 amide bonds. The first-order valence-corrected chi connectivity index (χ1v) is 22.1. The number of aromatic amines is 1. The maximum absolute atomic E-state index is 13.9. The maximum atomic E-state index is 13.9. The van der Waals surface area contributed by atoms with E-state index in [9.17, 15) is 47.1 Å². The highest BCUT2D eigenvalue weighted by molar-refractivity contribution is 7.98. The molecule has 23 heteroatoms. The highest BCUT2D eigenvalue weighted by atomic mass is 32.3. The van der Waals surface area contributed by atoms with Crippen molar-refractivity contribution in [3.05, 3.63) is 65.9 Å². The number of carbonyl (C=O) groups excluding carboxylic acids is 6. The highest BCUT2D eigenvalue weighted by Crippen LogP contribution is 2.20. The van der Waals surface area contributed by atoms with Crippen LogP contribution in [0.3, 0.4) is 0 Å². The van der Waals surface area contributed by atoms with Gasteiger partial charge in [-0.2, -0.15) is 31.9 Å². The van der Waals surface area contributed by atoms with E-state index in [-0.39, 0.29) is 31.4 Å². The summed E-state index contributed by atoms with van der Waals surface area (Å²) in [5.74, 6) is -5.67. The fourth-order valence-electron chi connectivity index (χ4n) is 5.65. The molecular weight excluding hydrogens is 833 g/mol. The van der Waals surface area contributed by atoms with Crippen LogP contribution in [0, 0.1) is 0 Å². The minimum Gasteiger partial charge on any atom is -0.480 e. The number of thioether (sulfide) groups is 2. The number of hydrogen-bond donors (Lipinski definition) is 10. The lowest BCUT2D eigenvalue weighted by Crippen LogP contribution is -2.57. The van der Waals surface area contributed by atoms with Crippen molar-refractivity contribution in [1.82, 2.24) is 31.6 Å². The topological polar surface area (TPSA) is 331 Å². The molecule has 3 rings (SSSR count). The Bertz CT molecular complexity index is 2070. The molecule has 59 heavy (non-hydrogen) atoms. The molecule has 0 aliphatic carbocycles. The molecule has 0 aliphatic heterocycles. The summed E-state index contributed by atoms with van der Waals surface area (Å²) < 4.78 is 35.1. The summed E-state index contributed by atoms with van der Waals surface area (Å²) in [5.41, 5.74) is 13.2. The summed E-state index contributed by atoms with van der Waals surface area (Å²) in [4.78, 5) is 93.1. The van der Waals surface area contributed by atoms with Crippen LogP contribution in [-0.2, 0) is 56.8 Å². The molecule has 20 nitrogen and oxygen atoms in total. The molecule has 322 valence electrons. The first-order valence-electron chi connectivity index (χ1n) is 17.9. The van der Waals surface area contributed by atoms with Gasteiger partial charge in [-0.1, -0.05) is 30.3 Å². The van der Waals surface area contributed by atoms with Gasteiger partial charge in [0.25, 0.3) is 0 Å². The van der Waals surface area contributed by atoms with Gasteiger partial charge in [0.1, 0.15) is 29.9 Å². The van der Waals surface area contributed by atoms with E-state index < -0.39 is 95.0 Å². The Kier molecular flexibility index (Phi) is 19.0. The molecule has 3 aromatic rings. The van der Waals surface area contributed by atoms with E-state index in [1.807, 2.05) is 18.2 Å². The number of carboxylic acids is 1. The third kappa shape index (κ3) is 16.4. The smallest absolute Gasteiger partial charge is 0.446 e. The Balaban J connectivity index is 1.73. The molecule has 5 atom stereocenters. The average molecular weight is 881 g/mol. The first-order chi connectivity index (χ1) is 27.9. The number of aromatic nitrogens is 1. The van der Waals surface area contributed by atoms with Crippen molar-refractivity contribution in [2.24, 2.45) is 11.5 Å². The van der Waals surface area contributed by atoms with Crippen LogP contribution in [0.25, 0.3) is 10.9 Å². The fourth-order valence-corrected chi connectivity index (χ4v) is 6.95. The van der Waals surface area contributed by atoms with E-state index in [0.29, 0.717) is 22.6 Å². The minimum absolute atomic E-state index is 0.00947. The van der Waals surface area contributed by atoms with Crippen LogP contribution >= 0.6 is 23.5 Å². The number of para-hydroxylation sites is 1. The van der Waals surface area contributed by atoms with E-state index >= 15 is 0 Å². The number of aliphatic carboxylic acids is 1. The molecular formula is C36H48N8O12S3. The van der Waals surface area contributed by atoms with Crippen LogP contribution in [0.2, 0.25) is 0 Å². The predicted molar refractivity (Wildman–Crippen MR) is 220 cm³/mol. The summed E-state index contributed by atoms with van der Waals surface area (Å²) in [6.45, 7) is -0.615. The lowest BCUT2D eigenvalue weighted by atomic mass is 10.0. The van der Waals surface area contributed by atoms with Crippen molar-refractivity contribution >= 4 is 86.2 Å². The quantitative estimate of drug-likeness (QED) is 0.0456. The summed E-state index contributed by atoms with van der Waals surface area (Å²) in [5, 5.41) is 22.8. The monoisotopic (exact) mass is 880 g/mol. The summed E-state index contributed by atoms with van der Waals surface area (Å²) >= 11 is 2.77. The second kappa shape index (κ2) is 23.3. The van der Waals surface area contributed by atoms with Gasteiger partial charge in [0.2, 0.25) is 35.4 Å². The number of primary amides is 1. The molecule has 0 aliphatic rings. The normalized spacial score (nSPS) is 13.8. The van der Waals surface area contributed by atoms with Crippen LogP contribution in [0.15, 0.2) is 54.7 Å². The van der Waals surface area contributed by atoms with Gasteiger partial charge in [-0.05, 0) is 72.6 Å². The Hall–Kier alpha value is -5.36. The van der Waals surface area contributed by atoms with Crippen molar-refractivity contribution in [2.75, 3.05) is 30.6 Å². The lowest BCUT2D eigenvalue weighted by molar-refractivity contribution is -0.143. The van der Waals surface area contributed by atoms with Gasteiger partial charge in [-0.3, -0.25) is 33.3 Å². The number of nitrogens with two attached hydrogens (primary N) is 2. The van der Waals surface area contributed by atoms with Gasteiger partial charge in [-0.25, -0.2) is 4.79 Å². The second-order valence-corrected chi connectivity index (χ2v) is 16.1. The van der Waals surface area contributed by atoms with E-state index in [2.05, 4.69) is 35.8 Å². The maximum Gasteiger partial charge on any atom is 0.446 e. The predicted octanol–water partition coefficient (Wildman–Crippen LogP) is -1.02. The number of nitrogens with one attached hydrogen (secondary N) is 6. The zero-order valence-corrected chi connectivity index (χ0v) is 34.5. The standard InChI is InChI=1S/C36H48N8O12S3/c1-57-13-11-26(42-32(47)24(37)15-20-7-9-22(10-8-20)56-59(53,54)55)33(48)40-19-31(46)41-28(16-21-18-39-25-6-4-3-5-23(21)25)35(50)43-27(12-14-58-2)34(49)44-29(36(51)52)17-30(38)45/h3-10,18,24,26-29,39H,11-17,19,37H2,1-2H3,(H2,38,45)(H,40,48)(H,41,46)(H,42,47)(H,43,50)(H,44,49)(H,51,52)(H,53,54,55)/t24-,26-,27-,28-,29-/m0/s1. The first kappa shape index (κ1) is 48.0. The van der Waals surface area contributed by atoms with Crippen molar-refractivity contribution < 1.29 is 55.8 Å². The average Bonchev–Trinajstić information content (AvgIpc) is 3.58. The van der Waals surface area contributed by atoms with Gasteiger partial charge in [0.15, 0.2) is 0 Å². The van der Waals surface area contributed by atoms with Crippen LogP contribution in [-0.4, -0.2) is 125 Å². The number of H-pyrrole nitrogens is 1. The number of amides is 6. The molecule has 0 spiro atoms. The van der Waals surface area contributed by atoms with Crippen LogP contribution in [0.5, 0.6) is 5.75 Å². The zero-order chi connectivity index (χ0) is 43.7. The number of carbonyl (C=O) groups is 7. The minimum atomic E-state index is -4.73. The molecule has 0 bridgehead atoms. The summed E-state index contributed by atoms with van der Waals surface area (Å²) in [6.07, 6.45) is 4.70. The molecule has 0 fully saturated rings. The number of carboxylic acid groups (broad SMARTS) is 1. The number of benzene rings is 2. The Morgan fingerprint density at radius 3 is 1.95 bits per heavy atom. The van der Waals surface area contributed by atoms with Crippen LogP contribution in [0.4, 0.5) is 0 Å². The largest absolute Gasteiger partial charge is 0.480 e. The Morgan fingerprint density at radius 1 is 0.780 bits per heavy atom. The number of rotatable bonds is 25. The van der Waals surface area contributed by atoms with E-state index in [1.54, 1.807) is 24.8 Å². The Labute approximate surface area is 348 Å². The number of fused-ring (bicyclic) bond motifs is 1. The fraction of sp³-hybridized carbons (Fsp3) is 0.417. The van der Waals surface area contributed by atoms with E-state index in [1.165, 1.54) is 47.8 Å². The van der Waals surface area contributed by atoms with Gasteiger partial charge in [0.05, 0.1) is 19.0 Å². The van der Waals surface area contributed by atoms with Crippen LogP contribution < -0.4 is 42.2 Å². The Morgan fingerprint density at radius 2 is 1.36 bits per heavy atom.